The van der Waals surface area contributed by atoms with Crippen molar-refractivity contribution in [3.8, 4) is 11.1 Å². The maximum absolute atomic E-state index is 12.4. The van der Waals surface area contributed by atoms with Gasteiger partial charge in [-0.3, -0.25) is 4.79 Å². The van der Waals surface area contributed by atoms with Crippen LogP contribution in [0.1, 0.15) is 37.3 Å². The third-order valence-corrected chi connectivity index (χ3v) is 5.75. The molecule has 3 atom stereocenters. The zero-order valence-corrected chi connectivity index (χ0v) is 18.1. The molecular weight excluding hydrogens is 412 g/mol. The summed E-state index contributed by atoms with van der Waals surface area (Å²) < 4.78 is 5.46. The number of carbonyl (C=O) groups is 3. The van der Waals surface area contributed by atoms with Crippen molar-refractivity contribution >= 4 is 18.0 Å². The van der Waals surface area contributed by atoms with Gasteiger partial charge in [0.2, 0.25) is 5.91 Å². The fourth-order valence-corrected chi connectivity index (χ4v) is 3.94. The molecule has 1 aliphatic carbocycles. The molecule has 0 saturated heterocycles. The summed E-state index contributed by atoms with van der Waals surface area (Å²) in [5, 5.41) is 23.5. The van der Waals surface area contributed by atoms with Crippen LogP contribution in [0.3, 0.4) is 0 Å². The first-order valence-corrected chi connectivity index (χ1v) is 10.6. The van der Waals surface area contributed by atoms with Crippen molar-refractivity contribution in [3.05, 3.63) is 59.7 Å². The number of carboxylic acids is 1. The molecule has 0 aliphatic heterocycles. The van der Waals surface area contributed by atoms with E-state index in [1.54, 1.807) is 6.92 Å². The van der Waals surface area contributed by atoms with Gasteiger partial charge in [0, 0.05) is 12.5 Å². The van der Waals surface area contributed by atoms with Crippen molar-refractivity contribution in [1.29, 1.82) is 0 Å². The molecule has 8 heteroatoms. The number of fused-ring (bicyclic) bond motifs is 3. The highest BCUT2D eigenvalue weighted by Crippen LogP contribution is 2.44. The summed E-state index contributed by atoms with van der Waals surface area (Å²) in [7, 11) is 0. The highest BCUT2D eigenvalue weighted by molar-refractivity contribution is 5.85. The van der Waals surface area contributed by atoms with Crippen molar-refractivity contribution in [2.24, 2.45) is 5.92 Å². The molecule has 2 aromatic carbocycles. The van der Waals surface area contributed by atoms with Crippen LogP contribution in [0.5, 0.6) is 0 Å². The van der Waals surface area contributed by atoms with Gasteiger partial charge in [0.15, 0.2) is 6.04 Å². The molecule has 0 radical (unpaired) electrons. The number of nitrogens with one attached hydrogen (secondary N) is 2. The normalized spacial score (nSPS) is 15.1. The van der Waals surface area contributed by atoms with Gasteiger partial charge in [0.05, 0.1) is 12.0 Å². The highest BCUT2D eigenvalue weighted by atomic mass is 16.5. The van der Waals surface area contributed by atoms with Gasteiger partial charge < -0.3 is 25.6 Å². The third-order valence-electron chi connectivity index (χ3n) is 5.75. The molecule has 2 aromatic rings. The van der Waals surface area contributed by atoms with Crippen molar-refractivity contribution in [1.82, 2.24) is 10.6 Å². The first kappa shape index (κ1) is 23.3. The number of alkyl carbamates (subject to hydrolysis) is 1. The average Bonchev–Trinajstić information content (AvgIpc) is 3.09. The first-order chi connectivity index (χ1) is 15.3. The fourth-order valence-electron chi connectivity index (χ4n) is 3.94. The number of amides is 2. The van der Waals surface area contributed by atoms with E-state index in [1.807, 2.05) is 36.4 Å². The molecule has 0 bridgehead atoms. The molecule has 3 unspecified atom stereocenters. The Bertz CT molecular complexity index is 944. The molecule has 0 saturated carbocycles. The second-order valence-electron chi connectivity index (χ2n) is 7.88. The molecular formula is C24H28N2O6. The number of rotatable bonds is 9. The lowest BCUT2D eigenvalue weighted by Crippen LogP contribution is -2.51. The number of carboxylic acid groups (broad SMARTS) is 1. The lowest BCUT2D eigenvalue weighted by atomic mass is 9.98. The molecule has 3 rings (SSSR count). The largest absolute Gasteiger partial charge is 0.480 e. The summed E-state index contributed by atoms with van der Waals surface area (Å²) in [6, 6.07) is 14.6. The molecule has 2 amide bonds. The fraction of sp³-hybridized carbons (Fsp3) is 0.375. The second kappa shape index (κ2) is 10.3. The summed E-state index contributed by atoms with van der Waals surface area (Å²) in [6.45, 7) is 3.19. The van der Waals surface area contributed by atoms with Gasteiger partial charge in [-0.1, -0.05) is 55.5 Å². The van der Waals surface area contributed by atoms with Crippen LogP contribution in [0.25, 0.3) is 11.1 Å². The van der Waals surface area contributed by atoms with Crippen LogP contribution in [-0.4, -0.2) is 53.5 Å². The number of hydrogen-bond donors (Lipinski definition) is 4. The van der Waals surface area contributed by atoms with E-state index in [1.165, 1.54) is 6.92 Å². The van der Waals surface area contributed by atoms with Gasteiger partial charge in [-0.2, -0.15) is 0 Å². The van der Waals surface area contributed by atoms with E-state index in [4.69, 9.17) is 9.84 Å². The Hall–Kier alpha value is -3.39. The van der Waals surface area contributed by atoms with Gasteiger partial charge in [-0.25, -0.2) is 9.59 Å². The van der Waals surface area contributed by atoms with Crippen LogP contribution in [-0.2, 0) is 14.3 Å². The minimum atomic E-state index is -1.41. The number of hydrogen-bond acceptors (Lipinski definition) is 5. The molecule has 0 fully saturated rings. The topological polar surface area (TPSA) is 125 Å². The van der Waals surface area contributed by atoms with Crippen molar-refractivity contribution in [2.75, 3.05) is 13.2 Å². The summed E-state index contributed by atoms with van der Waals surface area (Å²) in [4.78, 5) is 35.9. The van der Waals surface area contributed by atoms with Crippen LogP contribution >= 0.6 is 0 Å². The quantitative estimate of drug-likeness (QED) is 0.475. The van der Waals surface area contributed by atoms with E-state index >= 15 is 0 Å². The molecule has 170 valence electrons. The summed E-state index contributed by atoms with van der Waals surface area (Å²) in [5.41, 5.74) is 4.46. The average molecular weight is 440 g/mol. The predicted octanol–water partition coefficient (Wildman–Crippen LogP) is 2.50. The molecule has 0 aromatic heterocycles. The molecule has 32 heavy (non-hydrogen) atoms. The second-order valence-corrected chi connectivity index (χ2v) is 7.88. The molecule has 0 spiro atoms. The molecule has 4 N–H and O–H groups in total. The molecule has 0 heterocycles. The Morgan fingerprint density at radius 2 is 1.59 bits per heavy atom. The van der Waals surface area contributed by atoms with Gasteiger partial charge in [0.1, 0.15) is 6.61 Å². The maximum Gasteiger partial charge on any atom is 0.407 e. The summed E-state index contributed by atoms with van der Waals surface area (Å²) >= 11 is 0. The van der Waals surface area contributed by atoms with Gasteiger partial charge >= 0.3 is 12.1 Å². The Balaban J connectivity index is 1.56. The molecule has 8 nitrogen and oxygen atoms in total. The lowest BCUT2D eigenvalue weighted by molar-refractivity contribution is -0.145. The smallest absolute Gasteiger partial charge is 0.407 e. The number of carbonyl (C=O) groups excluding carboxylic acids is 2. The zero-order valence-electron chi connectivity index (χ0n) is 18.1. The Morgan fingerprint density at radius 1 is 1.03 bits per heavy atom. The van der Waals surface area contributed by atoms with E-state index in [0.717, 1.165) is 22.3 Å². The van der Waals surface area contributed by atoms with Crippen LogP contribution in [0.2, 0.25) is 0 Å². The summed E-state index contributed by atoms with van der Waals surface area (Å²) in [6.07, 6.45) is -1.52. The Labute approximate surface area is 186 Å². The van der Waals surface area contributed by atoms with E-state index in [2.05, 4.69) is 22.8 Å². The number of aliphatic carboxylic acids is 1. The molecule has 1 aliphatic rings. The highest BCUT2D eigenvalue weighted by Gasteiger charge is 2.30. The van der Waals surface area contributed by atoms with Crippen molar-refractivity contribution in [2.45, 2.75) is 38.3 Å². The van der Waals surface area contributed by atoms with Crippen molar-refractivity contribution in [3.63, 3.8) is 0 Å². The van der Waals surface area contributed by atoms with E-state index in [9.17, 15) is 19.5 Å². The SMILES string of the molecule is CCC(CNC(=O)OCC1c2ccccc2-c2ccccc21)C(=O)NC(C(=O)O)C(C)O. The minimum Gasteiger partial charge on any atom is -0.480 e. The minimum absolute atomic E-state index is 0.00877. The monoisotopic (exact) mass is 440 g/mol. The van der Waals surface area contributed by atoms with E-state index in [-0.39, 0.29) is 19.1 Å². The number of aliphatic hydroxyl groups excluding tert-OH is 1. The zero-order chi connectivity index (χ0) is 23.3. The number of aliphatic hydroxyl groups is 1. The first-order valence-electron chi connectivity index (χ1n) is 10.6. The van der Waals surface area contributed by atoms with Crippen LogP contribution in [0.4, 0.5) is 4.79 Å². The van der Waals surface area contributed by atoms with E-state index in [0.29, 0.717) is 6.42 Å². The van der Waals surface area contributed by atoms with Gasteiger partial charge in [-0.05, 0) is 35.6 Å². The van der Waals surface area contributed by atoms with Gasteiger partial charge in [-0.15, -0.1) is 0 Å². The predicted molar refractivity (Wildman–Crippen MR) is 118 cm³/mol. The van der Waals surface area contributed by atoms with Crippen LogP contribution in [0.15, 0.2) is 48.5 Å². The van der Waals surface area contributed by atoms with Crippen molar-refractivity contribution < 1.29 is 29.3 Å². The maximum atomic E-state index is 12.4. The Kier molecular flexibility index (Phi) is 7.48. The van der Waals surface area contributed by atoms with Gasteiger partial charge in [0.25, 0.3) is 0 Å². The third kappa shape index (κ3) is 5.08. The number of ether oxygens (including phenoxy) is 1. The standard InChI is InChI=1S/C24H28N2O6/c1-3-15(22(28)26-21(14(2)27)23(29)30)12-25-24(31)32-13-20-18-10-6-4-8-16(18)17-9-5-7-11-19(17)20/h4-11,14-15,20-21,27H,3,12-13H2,1-2H3,(H,25,31)(H,26,28)(H,29,30). The van der Waals surface area contributed by atoms with Crippen LogP contribution < -0.4 is 10.6 Å². The lowest BCUT2D eigenvalue weighted by Gasteiger charge is -2.21. The Morgan fingerprint density at radius 3 is 2.09 bits per heavy atom. The number of benzene rings is 2. The van der Waals surface area contributed by atoms with Crippen LogP contribution in [0, 0.1) is 5.92 Å². The summed E-state index contributed by atoms with van der Waals surface area (Å²) in [5.74, 6) is -2.61. The van der Waals surface area contributed by atoms with E-state index < -0.39 is 36.0 Å².